The molecule has 1 fully saturated rings. The number of hydrogen-bond donors (Lipinski definition) is 2. The fourth-order valence-electron chi connectivity index (χ4n) is 3.39. The van der Waals surface area contributed by atoms with E-state index in [4.69, 9.17) is 23.8 Å². The van der Waals surface area contributed by atoms with Crippen molar-refractivity contribution in [1.29, 1.82) is 0 Å². The molecule has 6 nitrogen and oxygen atoms in total. The van der Waals surface area contributed by atoms with Crippen molar-refractivity contribution in [2.75, 3.05) is 18.4 Å². The van der Waals surface area contributed by atoms with Gasteiger partial charge < -0.3 is 10.2 Å². The zero-order valence-corrected chi connectivity index (χ0v) is 16.7. The number of rotatable bonds is 5. The molecule has 3 aromatic rings. The highest BCUT2D eigenvalue weighted by Crippen LogP contribution is 2.21. The lowest BCUT2D eigenvalue weighted by atomic mass is 10.2. The molecule has 0 aliphatic carbocycles. The number of aromatic nitrogens is 3. The monoisotopic (exact) mass is 413 g/mol. The molecule has 2 heterocycles. The average molecular weight is 414 g/mol. The van der Waals surface area contributed by atoms with E-state index in [1.165, 1.54) is 0 Å². The maximum Gasteiger partial charge on any atom is 0.242 e. The summed E-state index contributed by atoms with van der Waals surface area (Å²) >= 11 is 11.3. The maximum absolute atomic E-state index is 12.9. The zero-order valence-electron chi connectivity index (χ0n) is 15.1. The summed E-state index contributed by atoms with van der Waals surface area (Å²) in [5, 5.41) is 11.2. The summed E-state index contributed by atoms with van der Waals surface area (Å²) in [6, 6.07) is 17.6. The fraction of sp³-hybridized carbons (Fsp3) is 0.250. The number of H-pyrrole nitrogens is 1. The average Bonchev–Trinajstić information content (AvgIpc) is 3.31. The van der Waals surface area contributed by atoms with Crippen LogP contribution in [0.25, 0.3) is 11.4 Å². The van der Waals surface area contributed by atoms with E-state index in [1.54, 1.807) is 16.7 Å². The van der Waals surface area contributed by atoms with Crippen LogP contribution in [0.3, 0.4) is 0 Å². The van der Waals surface area contributed by atoms with Crippen LogP contribution < -0.4 is 5.32 Å². The molecular formula is C20H20ClN5OS. The van der Waals surface area contributed by atoms with Gasteiger partial charge in [0.1, 0.15) is 6.54 Å². The molecule has 0 spiro atoms. The third kappa shape index (κ3) is 4.10. The molecule has 1 amide bonds. The number of anilines is 1. The number of likely N-dealkylation sites (tertiary alicyclic amines) is 1. The number of amides is 1. The molecule has 1 saturated heterocycles. The molecule has 0 saturated carbocycles. The Kier molecular flexibility index (Phi) is 5.45. The summed E-state index contributed by atoms with van der Waals surface area (Å²) in [6.45, 7) is 1.56. The molecule has 1 aromatic heterocycles. The molecule has 144 valence electrons. The van der Waals surface area contributed by atoms with Gasteiger partial charge in [-0.25, -0.2) is 0 Å². The minimum atomic E-state index is 0.0325. The van der Waals surface area contributed by atoms with E-state index in [2.05, 4.69) is 15.5 Å². The van der Waals surface area contributed by atoms with E-state index >= 15 is 0 Å². The highest BCUT2D eigenvalue weighted by Gasteiger charge is 2.27. The summed E-state index contributed by atoms with van der Waals surface area (Å²) in [5.41, 5.74) is 1.93. The van der Waals surface area contributed by atoms with Gasteiger partial charge in [-0.1, -0.05) is 29.8 Å². The molecule has 1 aliphatic heterocycles. The first-order chi connectivity index (χ1) is 13.6. The predicted octanol–water partition coefficient (Wildman–Crippen LogP) is 3.97. The summed E-state index contributed by atoms with van der Waals surface area (Å²) in [4.78, 5) is 14.7. The Hall–Kier alpha value is -2.64. The first-order valence-corrected chi connectivity index (χ1v) is 9.89. The molecule has 28 heavy (non-hydrogen) atoms. The van der Waals surface area contributed by atoms with Gasteiger partial charge in [0, 0.05) is 35.4 Å². The van der Waals surface area contributed by atoms with Crippen molar-refractivity contribution in [3.63, 3.8) is 0 Å². The third-order valence-corrected chi connectivity index (χ3v) is 5.40. The first kappa shape index (κ1) is 18.7. The standard InChI is InChI=1S/C20H20ClN5OS/c21-15-8-6-14(7-9-15)19-23-24-20(28)26(19)13-18(27)25-11-10-17(12-25)22-16-4-2-1-3-5-16/h1-9,17,22H,10-13H2,(H,24,28). The number of carbonyl (C=O) groups is 1. The lowest BCUT2D eigenvalue weighted by Gasteiger charge is -2.18. The smallest absolute Gasteiger partial charge is 0.242 e. The SMILES string of the molecule is O=C(Cn1c(-c2ccc(Cl)cc2)n[nH]c1=S)N1CCC(Nc2ccccc2)C1. The van der Waals surface area contributed by atoms with Crippen molar-refractivity contribution in [1.82, 2.24) is 19.7 Å². The number of para-hydroxylation sites is 1. The summed E-state index contributed by atoms with van der Waals surface area (Å²) in [6.07, 6.45) is 0.918. The maximum atomic E-state index is 12.9. The Morgan fingerprint density at radius 3 is 2.71 bits per heavy atom. The quantitative estimate of drug-likeness (QED) is 0.621. The van der Waals surface area contributed by atoms with Gasteiger partial charge in [-0.05, 0) is 55.0 Å². The van der Waals surface area contributed by atoms with Crippen LogP contribution in [0.4, 0.5) is 5.69 Å². The lowest BCUT2D eigenvalue weighted by molar-refractivity contribution is -0.130. The van der Waals surface area contributed by atoms with E-state index in [0.29, 0.717) is 22.2 Å². The predicted molar refractivity (Wildman–Crippen MR) is 113 cm³/mol. The van der Waals surface area contributed by atoms with Gasteiger partial charge >= 0.3 is 0 Å². The number of nitrogens with one attached hydrogen (secondary N) is 2. The molecule has 1 atom stereocenters. The van der Waals surface area contributed by atoms with Crippen LogP contribution in [0.5, 0.6) is 0 Å². The minimum absolute atomic E-state index is 0.0325. The van der Waals surface area contributed by atoms with Gasteiger partial charge in [0.2, 0.25) is 5.91 Å². The van der Waals surface area contributed by atoms with Gasteiger partial charge in [-0.15, -0.1) is 0 Å². The van der Waals surface area contributed by atoms with E-state index in [9.17, 15) is 4.79 Å². The Morgan fingerprint density at radius 1 is 1.21 bits per heavy atom. The molecule has 2 N–H and O–H groups in total. The van der Waals surface area contributed by atoms with Gasteiger partial charge in [0.15, 0.2) is 10.6 Å². The molecule has 2 aromatic carbocycles. The van der Waals surface area contributed by atoms with Crippen LogP contribution in [0, 0.1) is 4.77 Å². The lowest BCUT2D eigenvalue weighted by Crippen LogP contribution is -2.34. The molecule has 0 bridgehead atoms. The number of carbonyl (C=O) groups excluding carboxylic acids is 1. The highest BCUT2D eigenvalue weighted by molar-refractivity contribution is 7.71. The largest absolute Gasteiger partial charge is 0.380 e. The second-order valence-corrected chi connectivity index (χ2v) is 7.60. The Labute approximate surface area is 173 Å². The van der Waals surface area contributed by atoms with Crippen LogP contribution in [-0.4, -0.2) is 44.7 Å². The molecule has 1 aliphatic rings. The third-order valence-electron chi connectivity index (χ3n) is 4.84. The topological polar surface area (TPSA) is 66.0 Å². The van der Waals surface area contributed by atoms with Gasteiger partial charge in [0.05, 0.1) is 0 Å². The Bertz CT molecular complexity index is 1020. The van der Waals surface area contributed by atoms with Crippen molar-refractivity contribution in [3.8, 4) is 11.4 Å². The number of halogens is 1. The van der Waals surface area contributed by atoms with Crippen LogP contribution in [0.2, 0.25) is 5.02 Å². The summed E-state index contributed by atoms with van der Waals surface area (Å²) < 4.78 is 2.16. The van der Waals surface area contributed by atoms with Crippen LogP contribution in [0.15, 0.2) is 54.6 Å². The molecular weight excluding hydrogens is 394 g/mol. The second-order valence-electron chi connectivity index (χ2n) is 6.78. The van der Waals surface area contributed by atoms with Crippen molar-refractivity contribution >= 4 is 35.4 Å². The summed E-state index contributed by atoms with van der Waals surface area (Å²) in [5.74, 6) is 0.665. The number of nitrogens with zero attached hydrogens (tertiary/aromatic N) is 3. The number of aromatic amines is 1. The fourth-order valence-corrected chi connectivity index (χ4v) is 3.72. The van der Waals surface area contributed by atoms with Crippen LogP contribution in [0.1, 0.15) is 6.42 Å². The zero-order chi connectivity index (χ0) is 19.5. The molecule has 8 heteroatoms. The Balaban J connectivity index is 1.44. The van der Waals surface area contributed by atoms with Crippen molar-refractivity contribution < 1.29 is 4.79 Å². The van der Waals surface area contributed by atoms with E-state index in [0.717, 1.165) is 24.2 Å². The van der Waals surface area contributed by atoms with Gasteiger partial charge in [-0.3, -0.25) is 14.5 Å². The minimum Gasteiger partial charge on any atom is -0.380 e. The normalized spacial score (nSPS) is 16.3. The molecule has 1 unspecified atom stereocenters. The first-order valence-electron chi connectivity index (χ1n) is 9.10. The van der Waals surface area contributed by atoms with Crippen molar-refractivity contribution in [2.24, 2.45) is 0 Å². The summed E-state index contributed by atoms with van der Waals surface area (Å²) in [7, 11) is 0. The highest BCUT2D eigenvalue weighted by atomic mass is 35.5. The van der Waals surface area contributed by atoms with Crippen molar-refractivity contribution in [2.45, 2.75) is 19.0 Å². The van der Waals surface area contributed by atoms with Crippen LogP contribution in [-0.2, 0) is 11.3 Å². The van der Waals surface area contributed by atoms with Gasteiger partial charge in [0.25, 0.3) is 0 Å². The number of hydrogen-bond acceptors (Lipinski definition) is 4. The van der Waals surface area contributed by atoms with E-state index in [1.807, 2.05) is 47.4 Å². The Morgan fingerprint density at radius 2 is 1.96 bits per heavy atom. The van der Waals surface area contributed by atoms with Crippen LogP contribution >= 0.6 is 23.8 Å². The van der Waals surface area contributed by atoms with E-state index in [-0.39, 0.29) is 18.5 Å². The second kappa shape index (κ2) is 8.16. The number of benzene rings is 2. The van der Waals surface area contributed by atoms with Crippen molar-refractivity contribution in [3.05, 3.63) is 64.4 Å². The van der Waals surface area contributed by atoms with Gasteiger partial charge in [-0.2, -0.15) is 5.10 Å². The molecule has 0 radical (unpaired) electrons. The molecule has 4 rings (SSSR count). The van der Waals surface area contributed by atoms with E-state index < -0.39 is 0 Å².